The van der Waals surface area contributed by atoms with E-state index < -0.39 is 0 Å². The second-order valence-corrected chi connectivity index (χ2v) is 7.71. The van der Waals surface area contributed by atoms with Crippen LogP contribution in [0.15, 0.2) is 0 Å². The molecule has 0 radical (unpaired) electrons. The summed E-state index contributed by atoms with van der Waals surface area (Å²) in [5.41, 5.74) is 6.76. The van der Waals surface area contributed by atoms with Gasteiger partial charge < -0.3 is 10.8 Å². The first-order chi connectivity index (χ1) is 9.35. The number of nitrogens with zero attached hydrogens (tertiary/aromatic N) is 1. The van der Waals surface area contributed by atoms with Gasteiger partial charge in [0.15, 0.2) is 0 Å². The number of hydrogen-bond acceptors (Lipinski definition) is 3. The molecule has 0 aromatic carbocycles. The Hall–Kier alpha value is -0.120. The van der Waals surface area contributed by atoms with E-state index in [9.17, 15) is 5.11 Å². The number of aliphatic hydroxyl groups excluding tert-OH is 1. The van der Waals surface area contributed by atoms with Crippen LogP contribution in [0.1, 0.15) is 53.9 Å². The van der Waals surface area contributed by atoms with Crippen LogP contribution in [0.2, 0.25) is 0 Å². The van der Waals surface area contributed by atoms with E-state index in [4.69, 9.17) is 5.73 Å². The monoisotopic (exact) mass is 282 g/mol. The highest BCUT2D eigenvalue weighted by Crippen LogP contribution is 2.72. The van der Waals surface area contributed by atoms with Crippen LogP contribution in [0, 0.1) is 22.7 Å². The molecule has 0 aromatic heterocycles. The summed E-state index contributed by atoms with van der Waals surface area (Å²) >= 11 is 0. The predicted molar refractivity (Wildman–Crippen MR) is 84.5 cm³/mol. The molecule has 0 aliphatic heterocycles. The predicted octanol–water partition coefficient (Wildman–Crippen LogP) is 2.48. The van der Waals surface area contributed by atoms with Gasteiger partial charge in [0.2, 0.25) is 0 Å². The molecule has 2 aliphatic carbocycles. The fourth-order valence-corrected chi connectivity index (χ4v) is 5.89. The van der Waals surface area contributed by atoms with Crippen molar-refractivity contribution < 1.29 is 5.11 Å². The van der Waals surface area contributed by atoms with Gasteiger partial charge in [-0.2, -0.15) is 0 Å². The van der Waals surface area contributed by atoms with Gasteiger partial charge in [-0.1, -0.05) is 34.6 Å². The third-order valence-electron chi connectivity index (χ3n) is 7.46. The third-order valence-corrected chi connectivity index (χ3v) is 7.46. The van der Waals surface area contributed by atoms with E-state index in [0.29, 0.717) is 12.0 Å². The molecule has 2 saturated carbocycles. The van der Waals surface area contributed by atoms with Gasteiger partial charge in [-0.05, 0) is 55.6 Å². The maximum Gasteiger partial charge on any atom is 0.0489 e. The minimum Gasteiger partial charge on any atom is -0.396 e. The molecule has 2 fully saturated rings. The van der Waals surface area contributed by atoms with Crippen LogP contribution in [0.25, 0.3) is 0 Å². The lowest BCUT2D eigenvalue weighted by Gasteiger charge is -2.58. The lowest BCUT2D eigenvalue weighted by molar-refractivity contribution is -0.0909. The first-order valence-electron chi connectivity index (χ1n) is 8.41. The Bertz CT molecular complexity index is 335. The molecule has 3 N–H and O–H groups in total. The van der Waals surface area contributed by atoms with Crippen LogP contribution in [-0.4, -0.2) is 41.8 Å². The minimum absolute atomic E-state index is 0.0758. The van der Waals surface area contributed by atoms with Crippen molar-refractivity contribution in [2.45, 2.75) is 59.4 Å². The standard InChI is InChI=1S/C17H34N2O/c1-6-19(7-2)17(14(11-18)12-20)10-13-8-9-16(17,5)15(13,3)4/h13-14,20H,6-12,18H2,1-5H3/t13-,14-,16+,17-/m0/s1. The molecule has 0 aromatic rings. The number of fused-ring (bicyclic) bond motifs is 2. The van der Waals surface area contributed by atoms with Gasteiger partial charge >= 0.3 is 0 Å². The van der Waals surface area contributed by atoms with Crippen molar-refractivity contribution in [2.75, 3.05) is 26.2 Å². The Morgan fingerprint density at radius 2 is 1.85 bits per heavy atom. The molecule has 0 saturated heterocycles. The summed E-state index contributed by atoms with van der Waals surface area (Å²) in [4.78, 5) is 2.61. The van der Waals surface area contributed by atoms with Gasteiger partial charge in [0.05, 0.1) is 0 Å². The summed E-state index contributed by atoms with van der Waals surface area (Å²) in [6, 6.07) is 0. The van der Waals surface area contributed by atoms with Crippen LogP contribution in [-0.2, 0) is 0 Å². The average molecular weight is 282 g/mol. The lowest BCUT2D eigenvalue weighted by atomic mass is 9.57. The molecular formula is C17H34N2O. The summed E-state index contributed by atoms with van der Waals surface area (Å²) in [6.07, 6.45) is 3.83. The van der Waals surface area contributed by atoms with E-state index in [-0.39, 0.29) is 23.5 Å². The van der Waals surface area contributed by atoms with E-state index in [0.717, 1.165) is 19.0 Å². The SMILES string of the molecule is CCN(CC)[C@]1([C@@H](CN)CO)C[C@@H]2CC[C@]1(C)C2(C)C. The number of aliphatic hydroxyl groups is 1. The summed E-state index contributed by atoms with van der Waals surface area (Å²) < 4.78 is 0. The molecule has 0 unspecified atom stereocenters. The number of hydrogen-bond donors (Lipinski definition) is 2. The largest absolute Gasteiger partial charge is 0.396 e. The number of rotatable bonds is 6. The Labute approximate surface area is 124 Å². The molecule has 2 aliphatic rings. The van der Waals surface area contributed by atoms with Crippen molar-refractivity contribution in [1.82, 2.24) is 4.90 Å². The quantitative estimate of drug-likeness (QED) is 0.787. The van der Waals surface area contributed by atoms with Gasteiger partial charge in [-0.3, -0.25) is 4.90 Å². The van der Waals surface area contributed by atoms with Gasteiger partial charge in [-0.25, -0.2) is 0 Å². The van der Waals surface area contributed by atoms with Gasteiger partial charge in [0.25, 0.3) is 0 Å². The molecule has 2 bridgehead atoms. The highest BCUT2D eigenvalue weighted by molar-refractivity contribution is 5.23. The summed E-state index contributed by atoms with van der Waals surface area (Å²) in [5.74, 6) is 0.964. The third kappa shape index (κ3) is 1.69. The first-order valence-corrected chi connectivity index (χ1v) is 8.41. The Morgan fingerprint density at radius 1 is 1.25 bits per heavy atom. The topological polar surface area (TPSA) is 49.5 Å². The highest BCUT2D eigenvalue weighted by atomic mass is 16.3. The molecule has 20 heavy (non-hydrogen) atoms. The Balaban J connectivity index is 2.55. The Morgan fingerprint density at radius 3 is 2.15 bits per heavy atom. The van der Waals surface area contributed by atoms with Crippen molar-refractivity contribution >= 4 is 0 Å². The van der Waals surface area contributed by atoms with Crippen molar-refractivity contribution in [3.8, 4) is 0 Å². The smallest absolute Gasteiger partial charge is 0.0489 e. The molecule has 0 amide bonds. The maximum absolute atomic E-state index is 10.00. The molecule has 4 atom stereocenters. The van der Waals surface area contributed by atoms with E-state index in [1.54, 1.807) is 0 Å². The number of nitrogens with two attached hydrogens (primary N) is 1. The van der Waals surface area contributed by atoms with Crippen LogP contribution in [0.4, 0.5) is 0 Å². The normalized spacial score (nSPS) is 40.5. The second-order valence-electron chi connectivity index (χ2n) is 7.71. The summed E-state index contributed by atoms with van der Waals surface area (Å²) in [7, 11) is 0. The van der Waals surface area contributed by atoms with E-state index >= 15 is 0 Å². The molecule has 0 spiro atoms. The fraction of sp³-hybridized carbons (Fsp3) is 1.00. The maximum atomic E-state index is 10.00. The zero-order chi connectivity index (χ0) is 15.2. The van der Waals surface area contributed by atoms with E-state index in [1.165, 1.54) is 19.3 Å². The van der Waals surface area contributed by atoms with Crippen molar-refractivity contribution in [3.05, 3.63) is 0 Å². The summed E-state index contributed by atoms with van der Waals surface area (Å²) in [6.45, 7) is 14.8. The Kier molecular flexibility index (Phi) is 4.27. The van der Waals surface area contributed by atoms with Crippen LogP contribution < -0.4 is 5.73 Å². The van der Waals surface area contributed by atoms with Gasteiger partial charge in [0.1, 0.15) is 0 Å². The zero-order valence-electron chi connectivity index (χ0n) is 14.1. The molecule has 3 nitrogen and oxygen atoms in total. The van der Waals surface area contributed by atoms with Gasteiger partial charge in [-0.15, -0.1) is 0 Å². The van der Waals surface area contributed by atoms with Crippen molar-refractivity contribution in [2.24, 2.45) is 28.4 Å². The minimum atomic E-state index is 0.0758. The molecule has 118 valence electrons. The van der Waals surface area contributed by atoms with E-state index in [2.05, 4.69) is 39.5 Å². The first kappa shape index (κ1) is 16.3. The van der Waals surface area contributed by atoms with E-state index in [1.807, 2.05) is 0 Å². The fourth-order valence-electron chi connectivity index (χ4n) is 5.89. The molecule has 0 heterocycles. The lowest BCUT2D eigenvalue weighted by Crippen LogP contribution is -2.65. The zero-order valence-corrected chi connectivity index (χ0v) is 14.1. The van der Waals surface area contributed by atoms with Gasteiger partial charge in [0, 0.05) is 18.1 Å². The van der Waals surface area contributed by atoms with Crippen molar-refractivity contribution in [1.29, 1.82) is 0 Å². The molecule has 2 rings (SSSR count). The van der Waals surface area contributed by atoms with Crippen LogP contribution in [0.3, 0.4) is 0 Å². The molecule has 3 heteroatoms. The average Bonchev–Trinajstić information content (AvgIpc) is 2.74. The molecular weight excluding hydrogens is 248 g/mol. The highest BCUT2D eigenvalue weighted by Gasteiger charge is 2.71. The second kappa shape index (κ2) is 5.26. The summed E-state index contributed by atoms with van der Waals surface area (Å²) in [5, 5.41) is 10.00. The van der Waals surface area contributed by atoms with Crippen molar-refractivity contribution in [3.63, 3.8) is 0 Å². The van der Waals surface area contributed by atoms with Crippen LogP contribution in [0.5, 0.6) is 0 Å². The van der Waals surface area contributed by atoms with Crippen LogP contribution >= 0.6 is 0 Å².